The average Bonchev–Trinajstić information content (AvgIpc) is 2.27. The number of carbonyl (C=O) groups excluding carboxylic acids is 1. The number of hydrogen-bond acceptors (Lipinski definition) is 3. The van der Waals surface area contributed by atoms with Crippen LogP contribution in [-0.4, -0.2) is 14.3 Å². The predicted octanol–water partition coefficient (Wildman–Crippen LogP) is 0.994. The molecule has 3 N–H and O–H groups in total. The van der Waals surface area contributed by atoms with Crippen molar-refractivity contribution in [1.82, 2.24) is 0 Å². The lowest BCUT2D eigenvalue weighted by Crippen LogP contribution is -2.15. The highest BCUT2D eigenvalue weighted by Gasteiger charge is 2.12. The Balaban J connectivity index is 2.94. The Kier molecular flexibility index (Phi) is 4.48. The van der Waals surface area contributed by atoms with Crippen molar-refractivity contribution in [3.63, 3.8) is 0 Å². The molecule has 0 aliphatic heterocycles. The molecular formula is C12H14N2O3S. The van der Waals surface area contributed by atoms with Crippen LogP contribution in [0, 0.1) is 19.3 Å². The first-order chi connectivity index (χ1) is 8.34. The van der Waals surface area contributed by atoms with Crippen LogP contribution in [0.3, 0.4) is 0 Å². The molecule has 6 heteroatoms. The molecule has 0 heterocycles. The second kappa shape index (κ2) is 5.67. The van der Waals surface area contributed by atoms with Gasteiger partial charge in [0, 0.05) is 18.5 Å². The van der Waals surface area contributed by atoms with Gasteiger partial charge in [-0.1, -0.05) is 6.07 Å². The molecule has 0 aliphatic carbocycles. The van der Waals surface area contributed by atoms with E-state index in [9.17, 15) is 13.2 Å². The Morgan fingerprint density at radius 2 is 2.17 bits per heavy atom. The van der Waals surface area contributed by atoms with Crippen LogP contribution in [0.5, 0.6) is 0 Å². The van der Waals surface area contributed by atoms with E-state index in [4.69, 9.17) is 11.6 Å². The maximum atomic E-state index is 11.4. The van der Waals surface area contributed by atoms with Gasteiger partial charge in [0.25, 0.3) is 0 Å². The summed E-state index contributed by atoms with van der Waals surface area (Å²) in [4.78, 5) is 11.4. The van der Waals surface area contributed by atoms with Crippen LogP contribution in [0.25, 0.3) is 0 Å². The number of nitrogens with two attached hydrogens (primary N) is 1. The zero-order valence-corrected chi connectivity index (χ0v) is 10.8. The largest absolute Gasteiger partial charge is 0.326 e. The Labute approximate surface area is 106 Å². The maximum Gasteiger partial charge on any atom is 0.238 e. The number of anilines is 1. The van der Waals surface area contributed by atoms with Gasteiger partial charge in [-0.2, -0.15) is 0 Å². The van der Waals surface area contributed by atoms with E-state index in [1.807, 2.05) is 0 Å². The van der Waals surface area contributed by atoms with Crippen molar-refractivity contribution in [3.8, 4) is 12.3 Å². The summed E-state index contributed by atoms with van der Waals surface area (Å²) in [6, 6.07) is 4.52. The van der Waals surface area contributed by atoms with Gasteiger partial charge in [-0.3, -0.25) is 4.79 Å². The van der Waals surface area contributed by atoms with Gasteiger partial charge in [-0.25, -0.2) is 13.6 Å². The summed E-state index contributed by atoms with van der Waals surface area (Å²) in [5, 5.41) is 7.63. The zero-order valence-electron chi connectivity index (χ0n) is 9.93. The van der Waals surface area contributed by atoms with Crippen molar-refractivity contribution in [1.29, 1.82) is 0 Å². The van der Waals surface area contributed by atoms with Gasteiger partial charge in [-0.15, -0.1) is 12.3 Å². The van der Waals surface area contributed by atoms with E-state index >= 15 is 0 Å². The summed E-state index contributed by atoms with van der Waals surface area (Å²) in [6.07, 6.45) is 5.57. The molecule has 0 spiro atoms. The molecular weight excluding hydrogens is 252 g/mol. The minimum Gasteiger partial charge on any atom is -0.326 e. The number of benzene rings is 1. The van der Waals surface area contributed by atoms with Gasteiger partial charge >= 0.3 is 0 Å². The van der Waals surface area contributed by atoms with E-state index in [-0.39, 0.29) is 17.2 Å². The monoisotopic (exact) mass is 266 g/mol. The number of carbonyl (C=O) groups is 1. The van der Waals surface area contributed by atoms with Crippen molar-refractivity contribution in [3.05, 3.63) is 23.8 Å². The highest BCUT2D eigenvalue weighted by molar-refractivity contribution is 7.89. The number of aryl methyl sites for hydroxylation is 1. The highest BCUT2D eigenvalue weighted by atomic mass is 32.2. The maximum absolute atomic E-state index is 11.4. The molecule has 0 aromatic heterocycles. The quantitative estimate of drug-likeness (QED) is 0.796. The van der Waals surface area contributed by atoms with E-state index < -0.39 is 10.0 Å². The first kappa shape index (κ1) is 14.2. The lowest BCUT2D eigenvalue weighted by Gasteiger charge is -2.08. The fourth-order valence-electron chi connectivity index (χ4n) is 1.39. The topological polar surface area (TPSA) is 89.3 Å². The molecule has 0 fully saturated rings. The first-order valence-corrected chi connectivity index (χ1v) is 6.76. The van der Waals surface area contributed by atoms with Gasteiger partial charge < -0.3 is 5.32 Å². The molecule has 0 saturated heterocycles. The van der Waals surface area contributed by atoms with Gasteiger partial charge in [0.1, 0.15) is 0 Å². The minimum atomic E-state index is -3.79. The fourth-order valence-corrected chi connectivity index (χ4v) is 2.20. The molecule has 0 aliphatic rings. The number of sulfonamides is 1. The van der Waals surface area contributed by atoms with E-state index in [0.717, 1.165) is 0 Å². The van der Waals surface area contributed by atoms with Crippen LogP contribution in [-0.2, 0) is 14.8 Å². The lowest BCUT2D eigenvalue weighted by molar-refractivity contribution is -0.116. The number of rotatable bonds is 4. The van der Waals surface area contributed by atoms with Crippen LogP contribution in [0.15, 0.2) is 23.1 Å². The van der Waals surface area contributed by atoms with E-state index in [0.29, 0.717) is 17.7 Å². The molecule has 0 atom stereocenters. The second-order valence-electron chi connectivity index (χ2n) is 3.78. The van der Waals surface area contributed by atoms with Crippen LogP contribution in [0.2, 0.25) is 0 Å². The minimum absolute atomic E-state index is 0.00255. The van der Waals surface area contributed by atoms with Crippen molar-refractivity contribution in [2.75, 3.05) is 5.32 Å². The summed E-state index contributed by atoms with van der Waals surface area (Å²) in [5.41, 5.74) is 0.908. The van der Waals surface area contributed by atoms with Crippen molar-refractivity contribution < 1.29 is 13.2 Å². The normalized spacial score (nSPS) is 10.7. The standard InChI is InChI=1S/C12H14N2O3S/c1-3-4-5-12(15)14-10-7-6-9(2)11(8-10)18(13,16)17/h1,6-8H,4-5H2,2H3,(H,14,15)(H2,13,16,17). The summed E-state index contributed by atoms with van der Waals surface area (Å²) >= 11 is 0. The number of hydrogen-bond donors (Lipinski definition) is 2. The van der Waals surface area contributed by atoms with Crippen molar-refractivity contribution >= 4 is 21.6 Å². The molecule has 5 nitrogen and oxygen atoms in total. The Bertz CT molecular complexity index is 600. The van der Waals surface area contributed by atoms with Crippen LogP contribution in [0.4, 0.5) is 5.69 Å². The van der Waals surface area contributed by atoms with Gasteiger partial charge in [0.05, 0.1) is 4.90 Å². The molecule has 1 rings (SSSR count). The summed E-state index contributed by atoms with van der Waals surface area (Å²) in [5.74, 6) is 2.09. The Morgan fingerprint density at radius 3 is 2.72 bits per heavy atom. The first-order valence-electron chi connectivity index (χ1n) is 5.21. The van der Waals surface area contributed by atoms with Crippen LogP contribution in [0.1, 0.15) is 18.4 Å². The van der Waals surface area contributed by atoms with E-state index in [2.05, 4.69) is 11.2 Å². The van der Waals surface area contributed by atoms with E-state index in [1.165, 1.54) is 6.07 Å². The molecule has 1 aromatic rings. The molecule has 0 radical (unpaired) electrons. The van der Waals surface area contributed by atoms with Crippen molar-refractivity contribution in [2.24, 2.45) is 5.14 Å². The van der Waals surface area contributed by atoms with Crippen LogP contribution >= 0.6 is 0 Å². The lowest BCUT2D eigenvalue weighted by atomic mass is 10.2. The Morgan fingerprint density at radius 1 is 1.50 bits per heavy atom. The number of nitrogens with one attached hydrogen (secondary N) is 1. The van der Waals surface area contributed by atoms with Gasteiger partial charge in [-0.05, 0) is 24.6 Å². The van der Waals surface area contributed by atoms with Crippen molar-refractivity contribution in [2.45, 2.75) is 24.7 Å². The summed E-state index contributed by atoms with van der Waals surface area (Å²) in [7, 11) is -3.79. The molecule has 1 amide bonds. The van der Waals surface area contributed by atoms with Gasteiger partial charge in [0.15, 0.2) is 0 Å². The number of primary sulfonamides is 1. The Hall–Kier alpha value is -1.84. The SMILES string of the molecule is C#CCCC(=O)Nc1ccc(C)c(S(N)(=O)=O)c1. The third-order valence-electron chi connectivity index (χ3n) is 2.27. The third-order valence-corrected chi connectivity index (χ3v) is 3.33. The average molecular weight is 266 g/mol. The highest BCUT2D eigenvalue weighted by Crippen LogP contribution is 2.19. The summed E-state index contributed by atoms with van der Waals surface area (Å²) < 4.78 is 22.6. The molecule has 18 heavy (non-hydrogen) atoms. The molecule has 0 saturated carbocycles. The fraction of sp³-hybridized carbons (Fsp3) is 0.250. The molecule has 96 valence electrons. The third kappa shape index (κ3) is 3.87. The van der Waals surface area contributed by atoms with Gasteiger partial charge in [0.2, 0.25) is 15.9 Å². The second-order valence-corrected chi connectivity index (χ2v) is 5.31. The molecule has 0 bridgehead atoms. The smallest absolute Gasteiger partial charge is 0.238 e. The zero-order chi connectivity index (χ0) is 13.8. The summed E-state index contributed by atoms with van der Waals surface area (Å²) in [6.45, 7) is 1.63. The number of terminal acetylenes is 1. The molecule has 1 aromatic carbocycles. The van der Waals surface area contributed by atoms with E-state index in [1.54, 1.807) is 19.1 Å². The number of amides is 1. The molecule has 0 unspecified atom stereocenters. The predicted molar refractivity (Wildman–Crippen MR) is 69.2 cm³/mol. The van der Waals surface area contributed by atoms with Crippen LogP contribution < -0.4 is 10.5 Å².